The minimum absolute atomic E-state index is 0.0534. The normalized spacial score (nSPS) is 25.8. The molecule has 0 radical (unpaired) electrons. The predicted molar refractivity (Wildman–Crippen MR) is 77.4 cm³/mol. The molecule has 0 aliphatic heterocycles. The highest BCUT2D eigenvalue weighted by Crippen LogP contribution is 2.30. The molecule has 106 valence electrons. The Balaban J connectivity index is 2.06. The number of rotatable bonds is 3. The molecule has 0 aromatic heterocycles. The summed E-state index contributed by atoms with van der Waals surface area (Å²) in [7, 11) is 0. The van der Waals surface area contributed by atoms with Gasteiger partial charge in [-0.25, -0.2) is 0 Å². The van der Waals surface area contributed by atoms with Gasteiger partial charge >= 0.3 is 0 Å². The molecule has 0 bridgehead atoms. The van der Waals surface area contributed by atoms with Gasteiger partial charge in [-0.2, -0.15) is 0 Å². The molecule has 1 aromatic carbocycles. The van der Waals surface area contributed by atoms with Crippen molar-refractivity contribution in [3.63, 3.8) is 0 Å². The fourth-order valence-electron chi connectivity index (χ4n) is 3.04. The van der Waals surface area contributed by atoms with E-state index in [2.05, 4.69) is 12.2 Å². The standard InChI is InChI=1S/C16H25NO2/c1-11-6-4-3-5-7-15(11)17-12(2)14-10-13(18)8-9-16(14)19/h8-12,15,17-19H,3-7H2,1-2H3. The van der Waals surface area contributed by atoms with Gasteiger partial charge in [-0.05, 0) is 43.9 Å². The molecular weight excluding hydrogens is 238 g/mol. The molecule has 3 N–H and O–H groups in total. The molecular formula is C16H25NO2. The molecule has 3 unspecified atom stereocenters. The second kappa shape index (κ2) is 6.29. The van der Waals surface area contributed by atoms with Crippen LogP contribution in [0.1, 0.15) is 57.6 Å². The van der Waals surface area contributed by atoms with Gasteiger partial charge in [-0.1, -0.05) is 26.2 Å². The van der Waals surface area contributed by atoms with Gasteiger partial charge in [0.1, 0.15) is 11.5 Å². The molecule has 19 heavy (non-hydrogen) atoms. The zero-order valence-corrected chi connectivity index (χ0v) is 11.9. The smallest absolute Gasteiger partial charge is 0.120 e. The van der Waals surface area contributed by atoms with Gasteiger partial charge in [0.05, 0.1) is 0 Å². The molecule has 1 fully saturated rings. The van der Waals surface area contributed by atoms with Crippen molar-refractivity contribution < 1.29 is 10.2 Å². The highest BCUT2D eigenvalue weighted by Gasteiger charge is 2.22. The molecule has 0 saturated heterocycles. The van der Waals surface area contributed by atoms with Gasteiger partial charge in [0.25, 0.3) is 0 Å². The van der Waals surface area contributed by atoms with Gasteiger partial charge in [0.15, 0.2) is 0 Å². The first kappa shape index (κ1) is 14.2. The largest absolute Gasteiger partial charge is 0.508 e. The summed E-state index contributed by atoms with van der Waals surface area (Å²) < 4.78 is 0. The second-order valence-electron chi connectivity index (χ2n) is 5.85. The van der Waals surface area contributed by atoms with E-state index >= 15 is 0 Å². The lowest BCUT2D eigenvalue weighted by molar-refractivity contribution is 0.325. The first-order valence-corrected chi connectivity index (χ1v) is 7.36. The van der Waals surface area contributed by atoms with E-state index in [9.17, 15) is 10.2 Å². The Labute approximate surface area is 115 Å². The van der Waals surface area contributed by atoms with Gasteiger partial charge < -0.3 is 15.5 Å². The van der Waals surface area contributed by atoms with Crippen molar-refractivity contribution in [3.8, 4) is 11.5 Å². The van der Waals surface area contributed by atoms with Gasteiger partial charge in [0.2, 0.25) is 0 Å². The zero-order chi connectivity index (χ0) is 13.8. The van der Waals surface area contributed by atoms with Crippen LogP contribution in [0.5, 0.6) is 11.5 Å². The van der Waals surface area contributed by atoms with Crippen molar-refractivity contribution in [2.45, 2.75) is 58.0 Å². The van der Waals surface area contributed by atoms with E-state index in [-0.39, 0.29) is 17.5 Å². The highest BCUT2D eigenvalue weighted by atomic mass is 16.3. The summed E-state index contributed by atoms with van der Waals surface area (Å²) in [6, 6.07) is 5.27. The summed E-state index contributed by atoms with van der Waals surface area (Å²) >= 11 is 0. The molecule has 1 aromatic rings. The molecule has 3 atom stereocenters. The SMILES string of the molecule is CC(NC1CCCCCC1C)c1cc(O)ccc1O. The average molecular weight is 263 g/mol. The van der Waals surface area contributed by atoms with Crippen molar-refractivity contribution in [3.05, 3.63) is 23.8 Å². The lowest BCUT2D eigenvalue weighted by Gasteiger charge is -2.27. The predicted octanol–water partition coefficient (Wildman–Crippen LogP) is 3.72. The average Bonchev–Trinajstić information content (AvgIpc) is 2.58. The number of benzene rings is 1. The van der Waals surface area contributed by atoms with E-state index in [1.807, 2.05) is 6.92 Å². The van der Waals surface area contributed by atoms with Crippen molar-refractivity contribution in [2.75, 3.05) is 0 Å². The van der Waals surface area contributed by atoms with Gasteiger partial charge in [-0.15, -0.1) is 0 Å². The molecule has 3 heteroatoms. The lowest BCUT2D eigenvalue weighted by atomic mass is 9.95. The van der Waals surface area contributed by atoms with Crippen molar-refractivity contribution in [1.29, 1.82) is 0 Å². The Bertz CT molecular complexity index is 419. The third kappa shape index (κ3) is 3.63. The summed E-state index contributed by atoms with van der Waals surface area (Å²) in [5.74, 6) is 1.12. The van der Waals surface area contributed by atoms with Crippen LogP contribution in [0.4, 0.5) is 0 Å². The summed E-state index contributed by atoms with van der Waals surface area (Å²) in [5, 5.41) is 23.1. The van der Waals surface area contributed by atoms with Crippen LogP contribution in [0.3, 0.4) is 0 Å². The van der Waals surface area contributed by atoms with Crippen LogP contribution in [0.25, 0.3) is 0 Å². The number of aromatic hydroxyl groups is 2. The summed E-state index contributed by atoms with van der Waals surface area (Å²) in [6.45, 7) is 4.35. The molecule has 0 spiro atoms. The van der Waals surface area contributed by atoms with E-state index in [0.717, 1.165) is 5.56 Å². The maximum atomic E-state index is 9.91. The fraction of sp³-hybridized carbons (Fsp3) is 0.625. The van der Waals surface area contributed by atoms with Crippen LogP contribution in [0, 0.1) is 5.92 Å². The Hall–Kier alpha value is -1.22. The second-order valence-corrected chi connectivity index (χ2v) is 5.85. The van der Waals surface area contributed by atoms with Crippen LogP contribution in [-0.2, 0) is 0 Å². The Morgan fingerprint density at radius 3 is 2.68 bits per heavy atom. The highest BCUT2D eigenvalue weighted by molar-refractivity contribution is 5.40. The minimum Gasteiger partial charge on any atom is -0.508 e. The number of nitrogens with one attached hydrogen (secondary N) is 1. The monoisotopic (exact) mass is 263 g/mol. The zero-order valence-electron chi connectivity index (χ0n) is 11.9. The number of hydrogen-bond donors (Lipinski definition) is 3. The van der Waals surface area contributed by atoms with Crippen LogP contribution in [0.15, 0.2) is 18.2 Å². The molecule has 3 nitrogen and oxygen atoms in total. The molecule has 1 saturated carbocycles. The Morgan fingerprint density at radius 2 is 1.89 bits per heavy atom. The molecule has 0 heterocycles. The van der Waals surface area contributed by atoms with Gasteiger partial charge in [-0.3, -0.25) is 0 Å². The minimum atomic E-state index is 0.0534. The van der Waals surface area contributed by atoms with Gasteiger partial charge in [0, 0.05) is 17.6 Å². The first-order valence-electron chi connectivity index (χ1n) is 7.36. The first-order chi connectivity index (χ1) is 9.08. The van der Waals surface area contributed by atoms with Crippen LogP contribution >= 0.6 is 0 Å². The van der Waals surface area contributed by atoms with E-state index in [1.54, 1.807) is 12.1 Å². The van der Waals surface area contributed by atoms with E-state index in [4.69, 9.17) is 0 Å². The number of phenols is 2. The molecule has 1 aliphatic carbocycles. The third-order valence-corrected chi connectivity index (χ3v) is 4.30. The Kier molecular flexibility index (Phi) is 4.70. The maximum Gasteiger partial charge on any atom is 0.120 e. The molecule has 2 rings (SSSR count). The third-order valence-electron chi connectivity index (χ3n) is 4.30. The van der Waals surface area contributed by atoms with Crippen LogP contribution in [0.2, 0.25) is 0 Å². The summed E-state index contributed by atoms with van der Waals surface area (Å²) in [6.07, 6.45) is 6.40. The van der Waals surface area contributed by atoms with Crippen molar-refractivity contribution >= 4 is 0 Å². The topological polar surface area (TPSA) is 52.5 Å². The van der Waals surface area contributed by atoms with Crippen LogP contribution in [-0.4, -0.2) is 16.3 Å². The lowest BCUT2D eigenvalue weighted by Crippen LogP contribution is -2.36. The number of hydrogen-bond acceptors (Lipinski definition) is 3. The Morgan fingerprint density at radius 1 is 1.16 bits per heavy atom. The van der Waals surface area contributed by atoms with Crippen molar-refractivity contribution in [2.24, 2.45) is 5.92 Å². The van der Waals surface area contributed by atoms with E-state index < -0.39 is 0 Å². The van der Waals surface area contributed by atoms with Crippen molar-refractivity contribution in [1.82, 2.24) is 5.32 Å². The molecule has 0 amide bonds. The summed E-state index contributed by atoms with van der Waals surface area (Å²) in [4.78, 5) is 0. The molecule has 1 aliphatic rings. The quantitative estimate of drug-likeness (QED) is 0.575. The van der Waals surface area contributed by atoms with Crippen LogP contribution < -0.4 is 5.32 Å². The number of phenolic OH excluding ortho intramolecular Hbond substituents is 2. The summed E-state index contributed by atoms with van der Waals surface area (Å²) in [5.41, 5.74) is 0.774. The van der Waals surface area contributed by atoms with E-state index in [0.29, 0.717) is 12.0 Å². The van der Waals surface area contributed by atoms with E-state index in [1.165, 1.54) is 38.2 Å². The fourth-order valence-corrected chi connectivity index (χ4v) is 3.04. The maximum absolute atomic E-state index is 9.91.